The molecule has 0 aliphatic carbocycles. The van der Waals surface area contributed by atoms with Gasteiger partial charge in [-0.15, -0.1) is 0 Å². The number of hydrogen-bond acceptors (Lipinski definition) is 3. The number of nitrogens with one attached hydrogen (secondary N) is 1. The van der Waals surface area contributed by atoms with Crippen molar-refractivity contribution in [3.05, 3.63) is 64.7 Å². The van der Waals surface area contributed by atoms with Crippen LogP contribution in [0.4, 0.5) is 0 Å². The summed E-state index contributed by atoms with van der Waals surface area (Å²) in [7, 11) is 1.62. The van der Waals surface area contributed by atoms with Gasteiger partial charge in [-0.1, -0.05) is 42.8 Å². The molecule has 0 saturated carbocycles. The zero-order valence-corrected chi connectivity index (χ0v) is 18.1. The highest BCUT2D eigenvalue weighted by molar-refractivity contribution is 5.88. The maximum atomic E-state index is 13.2. The van der Waals surface area contributed by atoms with Crippen molar-refractivity contribution in [2.45, 2.75) is 53.1 Å². The molecule has 0 spiro atoms. The highest BCUT2D eigenvalue weighted by atomic mass is 16.5. The molecule has 0 aliphatic heterocycles. The van der Waals surface area contributed by atoms with Crippen LogP contribution in [0.2, 0.25) is 0 Å². The van der Waals surface area contributed by atoms with Gasteiger partial charge in [0, 0.05) is 13.1 Å². The van der Waals surface area contributed by atoms with Crippen LogP contribution in [-0.4, -0.2) is 36.4 Å². The Hall–Kier alpha value is -2.82. The molecule has 0 heterocycles. The van der Waals surface area contributed by atoms with E-state index in [1.54, 1.807) is 18.9 Å². The molecule has 0 bridgehead atoms. The lowest BCUT2D eigenvalue weighted by Gasteiger charge is -2.29. The second kappa shape index (κ2) is 10.6. The van der Waals surface area contributed by atoms with Crippen LogP contribution in [0.5, 0.6) is 5.75 Å². The normalized spacial score (nSPS) is 11.6. The van der Waals surface area contributed by atoms with Crippen LogP contribution in [0.15, 0.2) is 42.5 Å². The summed E-state index contributed by atoms with van der Waals surface area (Å²) in [4.78, 5) is 27.5. The van der Waals surface area contributed by atoms with Gasteiger partial charge < -0.3 is 15.0 Å². The first-order valence-corrected chi connectivity index (χ1v) is 10.1. The Morgan fingerprint density at radius 1 is 1.10 bits per heavy atom. The van der Waals surface area contributed by atoms with Crippen LogP contribution in [0.25, 0.3) is 0 Å². The summed E-state index contributed by atoms with van der Waals surface area (Å²) in [5.74, 6) is 0.569. The minimum Gasteiger partial charge on any atom is -0.497 e. The number of rotatable bonds is 9. The van der Waals surface area contributed by atoms with E-state index in [1.807, 2.05) is 63.2 Å². The predicted molar refractivity (Wildman–Crippen MR) is 116 cm³/mol. The first-order valence-electron chi connectivity index (χ1n) is 10.1. The fourth-order valence-corrected chi connectivity index (χ4v) is 3.16. The molecule has 0 saturated heterocycles. The highest BCUT2D eigenvalue weighted by Crippen LogP contribution is 2.18. The molecule has 0 unspecified atom stereocenters. The van der Waals surface area contributed by atoms with E-state index in [-0.39, 0.29) is 18.2 Å². The van der Waals surface area contributed by atoms with E-state index in [4.69, 9.17) is 4.74 Å². The van der Waals surface area contributed by atoms with E-state index < -0.39 is 6.04 Å². The average Bonchev–Trinajstić information content (AvgIpc) is 2.72. The maximum absolute atomic E-state index is 13.2. The van der Waals surface area contributed by atoms with E-state index in [1.165, 1.54) is 0 Å². The molecule has 2 rings (SSSR count). The highest BCUT2D eigenvalue weighted by Gasteiger charge is 2.26. The molecular weight excluding hydrogens is 364 g/mol. The van der Waals surface area contributed by atoms with E-state index >= 15 is 0 Å². The van der Waals surface area contributed by atoms with Crippen LogP contribution in [0, 0.1) is 13.8 Å². The van der Waals surface area contributed by atoms with Gasteiger partial charge in [-0.2, -0.15) is 0 Å². The smallest absolute Gasteiger partial charge is 0.242 e. The quantitative estimate of drug-likeness (QED) is 0.701. The van der Waals surface area contributed by atoms with Crippen molar-refractivity contribution >= 4 is 11.8 Å². The van der Waals surface area contributed by atoms with Crippen molar-refractivity contribution < 1.29 is 14.3 Å². The Morgan fingerprint density at radius 2 is 1.79 bits per heavy atom. The lowest BCUT2D eigenvalue weighted by atomic mass is 10.0. The fraction of sp³-hybridized carbons (Fsp3) is 0.417. The SMILES string of the molecule is CCCNC(=O)[C@@H](C)N(Cc1ccc(OC)cc1)C(=O)Cc1cc(C)ccc1C. The minimum absolute atomic E-state index is 0.0614. The van der Waals surface area contributed by atoms with Gasteiger partial charge in [0.05, 0.1) is 13.5 Å². The van der Waals surface area contributed by atoms with Crippen molar-refractivity contribution in [2.24, 2.45) is 0 Å². The monoisotopic (exact) mass is 396 g/mol. The zero-order chi connectivity index (χ0) is 21.4. The number of carbonyl (C=O) groups is 2. The molecule has 0 aliphatic rings. The summed E-state index contributed by atoms with van der Waals surface area (Å²) in [6, 6.07) is 13.1. The molecule has 0 fully saturated rings. The Labute approximate surface area is 174 Å². The second-order valence-electron chi connectivity index (χ2n) is 7.44. The van der Waals surface area contributed by atoms with E-state index in [2.05, 4.69) is 5.32 Å². The van der Waals surface area contributed by atoms with Gasteiger partial charge in [0.1, 0.15) is 11.8 Å². The molecule has 2 amide bonds. The third kappa shape index (κ3) is 6.34. The van der Waals surface area contributed by atoms with E-state index in [9.17, 15) is 9.59 Å². The van der Waals surface area contributed by atoms with E-state index in [0.29, 0.717) is 13.1 Å². The number of ether oxygens (including phenoxy) is 1. The third-order valence-electron chi connectivity index (χ3n) is 5.07. The van der Waals surface area contributed by atoms with Crippen LogP contribution in [0.3, 0.4) is 0 Å². The number of methoxy groups -OCH3 is 1. The molecule has 0 radical (unpaired) electrons. The molecule has 2 aromatic rings. The Balaban J connectivity index is 2.25. The number of carbonyl (C=O) groups excluding carboxylic acids is 2. The van der Waals surface area contributed by atoms with Crippen molar-refractivity contribution in [3.63, 3.8) is 0 Å². The van der Waals surface area contributed by atoms with Gasteiger partial charge in [0.25, 0.3) is 0 Å². The number of nitrogens with zero attached hydrogens (tertiary/aromatic N) is 1. The van der Waals surface area contributed by atoms with Crippen LogP contribution in [0.1, 0.15) is 42.5 Å². The maximum Gasteiger partial charge on any atom is 0.242 e. The number of benzene rings is 2. The van der Waals surface area contributed by atoms with Gasteiger partial charge in [0.15, 0.2) is 0 Å². The largest absolute Gasteiger partial charge is 0.497 e. The molecule has 5 heteroatoms. The van der Waals surface area contributed by atoms with Crippen LogP contribution in [-0.2, 0) is 22.6 Å². The van der Waals surface area contributed by atoms with Crippen molar-refractivity contribution in [3.8, 4) is 5.75 Å². The Morgan fingerprint density at radius 3 is 2.41 bits per heavy atom. The van der Waals surface area contributed by atoms with Crippen LogP contribution >= 0.6 is 0 Å². The molecule has 1 N–H and O–H groups in total. The number of amides is 2. The first kappa shape index (κ1) is 22.5. The number of aryl methyl sites for hydroxylation is 2. The molecule has 156 valence electrons. The lowest BCUT2D eigenvalue weighted by Crippen LogP contribution is -2.48. The number of hydrogen-bond donors (Lipinski definition) is 1. The van der Waals surface area contributed by atoms with Gasteiger partial charge in [-0.25, -0.2) is 0 Å². The Kier molecular flexibility index (Phi) is 8.25. The topological polar surface area (TPSA) is 58.6 Å². The first-order chi connectivity index (χ1) is 13.8. The minimum atomic E-state index is -0.554. The molecule has 5 nitrogen and oxygen atoms in total. The van der Waals surface area contributed by atoms with Crippen molar-refractivity contribution in [1.82, 2.24) is 10.2 Å². The summed E-state index contributed by atoms with van der Waals surface area (Å²) >= 11 is 0. The Bertz CT molecular complexity index is 831. The zero-order valence-electron chi connectivity index (χ0n) is 18.1. The molecule has 1 atom stereocenters. The third-order valence-corrected chi connectivity index (χ3v) is 5.07. The predicted octanol–water partition coefficient (Wildman–Crippen LogP) is 3.80. The second-order valence-corrected chi connectivity index (χ2v) is 7.44. The van der Waals surface area contributed by atoms with Crippen LogP contribution < -0.4 is 10.1 Å². The standard InChI is InChI=1S/C24H32N2O3/c1-6-13-25-24(28)19(4)26(16-20-9-11-22(29-5)12-10-20)23(27)15-21-14-17(2)7-8-18(21)3/h7-12,14,19H,6,13,15-16H2,1-5H3,(H,25,28)/t19-/m1/s1. The molecule has 2 aromatic carbocycles. The van der Waals surface area contributed by atoms with Crippen molar-refractivity contribution in [2.75, 3.05) is 13.7 Å². The average molecular weight is 397 g/mol. The molecule has 0 aromatic heterocycles. The summed E-state index contributed by atoms with van der Waals surface area (Å²) in [5, 5.41) is 2.90. The van der Waals surface area contributed by atoms with E-state index in [0.717, 1.165) is 34.4 Å². The van der Waals surface area contributed by atoms with Gasteiger partial charge in [-0.3, -0.25) is 9.59 Å². The van der Waals surface area contributed by atoms with Gasteiger partial charge in [-0.05, 0) is 56.0 Å². The summed E-state index contributed by atoms with van der Waals surface area (Å²) < 4.78 is 5.21. The molecular formula is C24H32N2O3. The summed E-state index contributed by atoms with van der Waals surface area (Å²) in [6.45, 7) is 8.79. The van der Waals surface area contributed by atoms with Gasteiger partial charge >= 0.3 is 0 Å². The fourth-order valence-electron chi connectivity index (χ4n) is 3.16. The molecule has 29 heavy (non-hydrogen) atoms. The summed E-state index contributed by atoms with van der Waals surface area (Å²) in [6.07, 6.45) is 1.13. The summed E-state index contributed by atoms with van der Waals surface area (Å²) in [5.41, 5.74) is 4.15. The van der Waals surface area contributed by atoms with Gasteiger partial charge in [0.2, 0.25) is 11.8 Å². The lowest BCUT2D eigenvalue weighted by molar-refractivity contribution is -0.140. The van der Waals surface area contributed by atoms with Crippen molar-refractivity contribution in [1.29, 1.82) is 0 Å².